The van der Waals surface area contributed by atoms with E-state index < -0.39 is 0 Å². The Bertz CT molecular complexity index is 1060. The van der Waals surface area contributed by atoms with Crippen molar-refractivity contribution in [3.05, 3.63) is 72.1 Å². The Labute approximate surface area is 189 Å². The number of benzene rings is 2. The number of aromatic nitrogens is 2. The molecule has 2 aromatic carbocycles. The molecule has 7 nitrogen and oxygen atoms in total. The molecule has 3 rings (SSSR count). The second-order valence-corrected chi connectivity index (χ2v) is 7.13. The lowest BCUT2D eigenvalue weighted by Gasteiger charge is -2.20. The first-order chi connectivity index (χ1) is 15.5. The molecule has 0 saturated carbocycles. The number of hydrogen-bond donors (Lipinski definition) is 2. The van der Waals surface area contributed by atoms with Gasteiger partial charge in [0.05, 0.1) is 7.11 Å². The molecule has 0 unspecified atom stereocenters. The lowest BCUT2D eigenvalue weighted by Crippen LogP contribution is -2.23. The molecule has 0 aliphatic rings. The van der Waals surface area contributed by atoms with Crippen molar-refractivity contribution in [3.8, 4) is 5.75 Å². The second-order valence-electron chi connectivity index (χ2n) is 7.13. The Kier molecular flexibility index (Phi) is 7.80. The van der Waals surface area contributed by atoms with Crippen molar-refractivity contribution in [2.45, 2.75) is 20.8 Å². The zero-order valence-electron chi connectivity index (χ0n) is 18.9. The minimum absolute atomic E-state index is 0.197. The second kappa shape index (κ2) is 10.9. The summed E-state index contributed by atoms with van der Waals surface area (Å²) in [6, 6.07) is 16.9. The van der Waals surface area contributed by atoms with Crippen molar-refractivity contribution in [1.29, 1.82) is 0 Å². The molecule has 1 aromatic heterocycles. The van der Waals surface area contributed by atoms with Crippen LogP contribution in [0.1, 0.15) is 25.2 Å². The van der Waals surface area contributed by atoms with Crippen LogP contribution in [0.15, 0.2) is 60.7 Å². The van der Waals surface area contributed by atoms with E-state index in [2.05, 4.69) is 39.3 Å². The summed E-state index contributed by atoms with van der Waals surface area (Å²) < 4.78 is 5.14. The quantitative estimate of drug-likeness (QED) is 0.462. The van der Waals surface area contributed by atoms with Crippen molar-refractivity contribution >= 4 is 35.0 Å². The number of aryl methyl sites for hydroxylation is 1. The number of ether oxygens (including phenoxy) is 1. The molecule has 0 atom stereocenters. The van der Waals surface area contributed by atoms with E-state index in [1.54, 1.807) is 13.2 Å². The minimum Gasteiger partial charge on any atom is -0.497 e. The van der Waals surface area contributed by atoms with Gasteiger partial charge in [-0.3, -0.25) is 4.79 Å². The van der Waals surface area contributed by atoms with Gasteiger partial charge in [-0.25, -0.2) is 9.97 Å². The Morgan fingerprint density at radius 1 is 1.00 bits per heavy atom. The van der Waals surface area contributed by atoms with Crippen LogP contribution in [0, 0.1) is 6.92 Å². The van der Waals surface area contributed by atoms with Gasteiger partial charge in [0.1, 0.15) is 23.2 Å². The Hall–Kier alpha value is -3.87. The van der Waals surface area contributed by atoms with Crippen LogP contribution in [-0.4, -0.2) is 36.1 Å². The van der Waals surface area contributed by atoms with Crippen LogP contribution >= 0.6 is 0 Å². The third-order valence-electron chi connectivity index (χ3n) is 4.88. The molecule has 1 heterocycles. The van der Waals surface area contributed by atoms with E-state index in [4.69, 9.17) is 4.74 Å². The SMILES string of the molecule is CCN(CC)c1cc(Nc2ccc(NC(=O)/C=C/c3ccc(OC)cc3)cc2)nc(C)n1. The van der Waals surface area contributed by atoms with Gasteiger partial charge in [0.2, 0.25) is 5.91 Å². The van der Waals surface area contributed by atoms with Crippen LogP contribution in [0.5, 0.6) is 5.75 Å². The molecular formula is C25H29N5O2. The number of carbonyl (C=O) groups is 1. The maximum Gasteiger partial charge on any atom is 0.248 e. The van der Waals surface area contributed by atoms with Crippen molar-refractivity contribution in [2.75, 3.05) is 35.7 Å². The fourth-order valence-corrected chi connectivity index (χ4v) is 3.18. The summed E-state index contributed by atoms with van der Waals surface area (Å²) in [4.78, 5) is 23.4. The van der Waals surface area contributed by atoms with Gasteiger partial charge < -0.3 is 20.3 Å². The fraction of sp³-hybridized carbons (Fsp3) is 0.240. The van der Waals surface area contributed by atoms with Crippen molar-refractivity contribution in [3.63, 3.8) is 0 Å². The summed E-state index contributed by atoms with van der Waals surface area (Å²) in [5.41, 5.74) is 2.51. The average Bonchev–Trinajstić information content (AvgIpc) is 2.80. The predicted octanol–water partition coefficient (Wildman–Crippen LogP) is 5.04. The normalized spacial score (nSPS) is 10.8. The molecule has 0 aliphatic carbocycles. The summed E-state index contributed by atoms with van der Waals surface area (Å²) in [7, 11) is 1.62. The van der Waals surface area contributed by atoms with E-state index in [1.807, 2.05) is 61.5 Å². The molecule has 0 bridgehead atoms. The number of methoxy groups -OCH3 is 1. The Morgan fingerprint density at radius 3 is 2.28 bits per heavy atom. The summed E-state index contributed by atoms with van der Waals surface area (Å²) in [6.45, 7) is 7.86. The molecule has 3 aromatic rings. The Morgan fingerprint density at radius 2 is 1.66 bits per heavy atom. The third-order valence-corrected chi connectivity index (χ3v) is 4.88. The highest BCUT2D eigenvalue weighted by Crippen LogP contribution is 2.21. The number of hydrogen-bond acceptors (Lipinski definition) is 6. The number of carbonyl (C=O) groups excluding carboxylic acids is 1. The smallest absolute Gasteiger partial charge is 0.248 e. The summed E-state index contributed by atoms with van der Waals surface area (Å²) in [5, 5.41) is 6.17. The number of amides is 1. The molecule has 0 aliphatic heterocycles. The van der Waals surface area contributed by atoms with E-state index >= 15 is 0 Å². The molecule has 32 heavy (non-hydrogen) atoms. The zero-order chi connectivity index (χ0) is 22.9. The van der Waals surface area contributed by atoms with E-state index in [9.17, 15) is 4.79 Å². The molecule has 166 valence electrons. The topological polar surface area (TPSA) is 79.4 Å². The van der Waals surface area contributed by atoms with Gasteiger partial charge in [-0.1, -0.05) is 12.1 Å². The van der Waals surface area contributed by atoms with Gasteiger partial charge in [-0.15, -0.1) is 0 Å². The van der Waals surface area contributed by atoms with Gasteiger partial charge in [0.25, 0.3) is 0 Å². The number of nitrogens with one attached hydrogen (secondary N) is 2. The van der Waals surface area contributed by atoms with Gasteiger partial charge in [-0.2, -0.15) is 0 Å². The molecule has 7 heteroatoms. The van der Waals surface area contributed by atoms with Crippen LogP contribution in [0.3, 0.4) is 0 Å². The molecule has 1 amide bonds. The standard InChI is InChI=1S/C25H29N5O2/c1-5-30(6-2)24-17-23(26-18(3)27-24)28-20-10-12-21(13-11-20)29-25(31)16-9-19-7-14-22(32-4)15-8-19/h7-17H,5-6H2,1-4H3,(H,29,31)(H,26,27,28)/b16-9+. The number of nitrogens with zero attached hydrogens (tertiary/aromatic N) is 3. The first-order valence-electron chi connectivity index (χ1n) is 10.6. The van der Waals surface area contributed by atoms with Gasteiger partial charge in [0, 0.05) is 36.6 Å². The summed E-state index contributed by atoms with van der Waals surface area (Å²) >= 11 is 0. The Balaban J connectivity index is 1.61. The van der Waals surface area contributed by atoms with Crippen LogP contribution < -0.4 is 20.3 Å². The van der Waals surface area contributed by atoms with Crippen molar-refractivity contribution in [1.82, 2.24) is 9.97 Å². The average molecular weight is 432 g/mol. The number of rotatable bonds is 9. The van der Waals surface area contributed by atoms with E-state index in [0.29, 0.717) is 11.5 Å². The maximum absolute atomic E-state index is 12.2. The third kappa shape index (κ3) is 6.31. The highest BCUT2D eigenvalue weighted by Gasteiger charge is 2.08. The monoisotopic (exact) mass is 431 g/mol. The lowest BCUT2D eigenvalue weighted by atomic mass is 10.2. The maximum atomic E-state index is 12.2. The molecule has 0 radical (unpaired) electrons. The zero-order valence-corrected chi connectivity index (χ0v) is 18.9. The predicted molar refractivity (Wildman–Crippen MR) is 131 cm³/mol. The lowest BCUT2D eigenvalue weighted by molar-refractivity contribution is -0.111. The van der Waals surface area contributed by atoms with Gasteiger partial charge >= 0.3 is 0 Å². The van der Waals surface area contributed by atoms with E-state index in [-0.39, 0.29) is 5.91 Å². The highest BCUT2D eigenvalue weighted by atomic mass is 16.5. The fourth-order valence-electron chi connectivity index (χ4n) is 3.18. The van der Waals surface area contributed by atoms with Crippen molar-refractivity contribution < 1.29 is 9.53 Å². The largest absolute Gasteiger partial charge is 0.497 e. The molecule has 0 spiro atoms. The summed E-state index contributed by atoms with van der Waals surface area (Å²) in [5.74, 6) is 2.93. The number of anilines is 4. The molecule has 0 fully saturated rings. The van der Waals surface area contributed by atoms with Crippen LogP contribution in [0.25, 0.3) is 6.08 Å². The van der Waals surface area contributed by atoms with Crippen molar-refractivity contribution in [2.24, 2.45) is 0 Å². The highest BCUT2D eigenvalue weighted by molar-refractivity contribution is 6.02. The summed E-state index contributed by atoms with van der Waals surface area (Å²) in [6.07, 6.45) is 3.27. The minimum atomic E-state index is -0.197. The first kappa shape index (κ1) is 22.8. The van der Waals surface area contributed by atoms with Crippen LogP contribution in [0.2, 0.25) is 0 Å². The van der Waals surface area contributed by atoms with Gasteiger partial charge in [-0.05, 0) is 68.8 Å². The van der Waals surface area contributed by atoms with Crippen LogP contribution in [-0.2, 0) is 4.79 Å². The van der Waals surface area contributed by atoms with Crippen LogP contribution in [0.4, 0.5) is 23.0 Å². The molecular weight excluding hydrogens is 402 g/mol. The molecule has 2 N–H and O–H groups in total. The van der Waals surface area contributed by atoms with E-state index in [1.165, 1.54) is 6.08 Å². The van der Waals surface area contributed by atoms with E-state index in [0.717, 1.165) is 41.7 Å². The molecule has 0 saturated heterocycles. The first-order valence-corrected chi connectivity index (χ1v) is 10.6. The van der Waals surface area contributed by atoms with Gasteiger partial charge in [0.15, 0.2) is 0 Å².